The summed E-state index contributed by atoms with van der Waals surface area (Å²) in [5, 5.41) is 6.54. The molecule has 0 unspecified atom stereocenters. The molecule has 7 nitrogen and oxygen atoms in total. The zero-order chi connectivity index (χ0) is 17.8. The minimum atomic E-state index is -0.606. The molecule has 2 amide bonds. The summed E-state index contributed by atoms with van der Waals surface area (Å²) >= 11 is 0. The molecule has 3 N–H and O–H groups in total. The lowest BCUT2D eigenvalue weighted by atomic mass is 10.0. The van der Waals surface area contributed by atoms with E-state index in [1.807, 2.05) is 37.3 Å². The second kappa shape index (κ2) is 8.26. The number of nitrogens with two attached hydrogens (primary N) is 1. The average molecular weight is 373 g/mol. The van der Waals surface area contributed by atoms with Crippen LogP contribution in [0.2, 0.25) is 0 Å². The van der Waals surface area contributed by atoms with Crippen LogP contribution in [0.4, 0.5) is 0 Å². The Kier molecular flexibility index (Phi) is 6.08. The van der Waals surface area contributed by atoms with Crippen molar-refractivity contribution in [3.8, 4) is 22.5 Å². The van der Waals surface area contributed by atoms with Gasteiger partial charge in [0, 0.05) is 11.8 Å². The standard InChI is InChI=1S/C18H16N4O3.ClH/c1-11-16(17(22-25-11)12-5-3-2-4-6-12)14-8-7-13(9-20-14)18(24)21-10-15(19)23;/h2-9H,10H2,1H3,(H2,19,23)(H,21,24);1H. The van der Waals surface area contributed by atoms with Crippen LogP contribution in [0.5, 0.6) is 0 Å². The molecule has 2 aromatic heterocycles. The molecule has 0 spiro atoms. The van der Waals surface area contributed by atoms with Crippen molar-refractivity contribution in [2.45, 2.75) is 6.92 Å². The number of aromatic nitrogens is 2. The Hall–Kier alpha value is -3.19. The van der Waals surface area contributed by atoms with Crippen molar-refractivity contribution < 1.29 is 14.1 Å². The number of amides is 2. The molecule has 1 aromatic carbocycles. The van der Waals surface area contributed by atoms with Crippen molar-refractivity contribution in [3.63, 3.8) is 0 Å². The molecule has 0 aliphatic rings. The maximum absolute atomic E-state index is 11.9. The highest BCUT2D eigenvalue weighted by molar-refractivity contribution is 5.96. The third-order valence-electron chi connectivity index (χ3n) is 3.61. The zero-order valence-electron chi connectivity index (χ0n) is 13.9. The molecular formula is C18H17ClN4O3. The molecule has 26 heavy (non-hydrogen) atoms. The molecule has 0 aliphatic heterocycles. The first-order valence-corrected chi connectivity index (χ1v) is 7.61. The van der Waals surface area contributed by atoms with Crippen LogP contribution in [-0.2, 0) is 4.79 Å². The van der Waals surface area contributed by atoms with E-state index in [0.717, 1.165) is 11.1 Å². The Labute approximate surface area is 156 Å². The fraction of sp³-hybridized carbons (Fsp3) is 0.111. The number of carbonyl (C=O) groups excluding carboxylic acids is 2. The van der Waals surface area contributed by atoms with Crippen molar-refractivity contribution in [3.05, 3.63) is 60.0 Å². The third-order valence-corrected chi connectivity index (χ3v) is 3.61. The fourth-order valence-corrected chi connectivity index (χ4v) is 2.41. The average Bonchev–Trinajstić information content (AvgIpc) is 3.02. The van der Waals surface area contributed by atoms with Gasteiger partial charge in [0.2, 0.25) is 5.91 Å². The van der Waals surface area contributed by atoms with Crippen molar-refractivity contribution in [2.75, 3.05) is 6.54 Å². The predicted octanol–water partition coefficient (Wildman–Crippen LogP) is 2.35. The zero-order valence-corrected chi connectivity index (χ0v) is 14.7. The lowest BCUT2D eigenvalue weighted by molar-refractivity contribution is -0.117. The third kappa shape index (κ3) is 4.07. The van der Waals surface area contributed by atoms with Crippen molar-refractivity contribution in [1.29, 1.82) is 0 Å². The predicted molar refractivity (Wildman–Crippen MR) is 98.7 cm³/mol. The van der Waals surface area contributed by atoms with E-state index >= 15 is 0 Å². The number of carbonyl (C=O) groups is 2. The Morgan fingerprint density at radius 3 is 2.50 bits per heavy atom. The van der Waals surface area contributed by atoms with Gasteiger partial charge in [-0.2, -0.15) is 0 Å². The van der Waals surface area contributed by atoms with Crippen LogP contribution in [0.1, 0.15) is 16.1 Å². The smallest absolute Gasteiger partial charge is 0.253 e. The van der Waals surface area contributed by atoms with Crippen LogP contribution in [0.25, 0.3) is 22.5 Å². The van der Waals surface area contributed by atoms with E-state index in [9.17, 15) is 9.59 Å². The summed E-state index contributed by atoms with van der Waals surface area (Å²) in [6.45, 7) is 1.59. The molecule has 0 aliphatic carbocycles. The van der Waals surface area contributed by atoms with Crippen LogP contribution in [-0.4, -0.2) is 28.5 Å². The number of primary amides is 1. The summed E-state index contributed by atoms with van der Waals surface area (Å²) in [5.74, 6) is -0.383. The van der Waals surface area contributed by atoms with Gasteiger partial charge in [-0.3, -0.25) is 14.6 Å². The van der Waals surface area contributed by atoms with Crippen LogP contribution >= 0.6 is 12.4 Å². The summed E-state index contributed by atoms with van der Waals surface area (Å²) in [7, 11) is 0. The molecule has 0 radical (unpaired) electrons. The SMILES string of the molecule is Cc1onc(-c2ccccc2)c1-c1ccc(C(=O)NCC(N)=O)cn1.Cl. The topological polar surface area (TPSA) is 111 Å². The van der Waals surface area contributed by atoms with Gasteiger partial charge in [0.25, 0.3) is 5.91 Å². The largest absolute Gasteiger partial charge is 0.368 e. The lowest BCUT2D eigenvalue weighted by Crippen LogP contribution is -2.33. The van der Waals surface area contributed by atoms with Gasteiger partial charge in [0.1, 0.15) is 11.5 Å². The van der Waals surface area contributed by atoms with E-state index in [4.69, 9.17) is 10.3 Å². The first-order valence-electron chi connectivity index (χ1n) is 7.61. The Balaban J connectivity index is 0.00000243. The highest BCUT2D eigenvalue weighted by atomic mass is 35.5. The van der Waals surface area contributed by atoms with Crippen molar-refractivity contribution in [1.82, 2.24) is 15.5 Å². The van der Waals surface area contributed by atoms with Crippen LogP contribution in [0.15, 0.2) is 53.2 Å². The van der Waals surface area contributed by atoms with E-state index < -0.39 is 11.8 Å². The normalized spacial score (nSPS) is 10.0. The van der Waals surface area contributed by atoms with E-state index in [1.165, 1.54) is 6.20 Å². The van der Waals surface area contributed by atoms with E-state index in [-0.39, 0.29) is 19.0 Å². The number of halogens is 1. The maximum Gasteiger partial charge on any atom is 0.253 e. The monoisotopic (exact) mass is 372 g/mol. The Morgan fingerprint density at radius 2 is 1.88 bits per heavy atom. The van der Waals surface area contributed by atoms with Crippen molar-refractivity contribution >= 4 is 24.2 Å². The van der Waals surface area contributed by atoms with Crippen molar-refractivity contribution in [2.24, 2.45) is 5.73 Å². The quantitative estimate of drug-likeness (QED) is 0.714. The summed E-state index contributed by atoms with van der Waals surface area (Å²) in [6, 6.07) is 13.0. The molecule has 3 rings (SSSR count). The fourth-order valence-electron chi connectivity index (χ4n) is 2.41. The molecule has 0 saturated carbocycles. The van der Waals surface area contributed by atoms with Crippen LogP contribution < -0.4 is 11.1 Å². The number of nitrogens with one attached hydrogen (secondary N) is 1. The molecular weight excluding hydrogens is 356 g/mol. The van der Waals surface area contributed by atoms with E-state index in [2.05, 4.69) is 15.5 Å². The van der Waals surface area contributed by atoms with E-state index in [0.29, 0.717) is 22.7 Å². The highest BCUT2D eigenvalue weighted by Gasteiger charge is 2.18. The number of aryl methyl sites for hydroxylation is 1. The molecule has 0 fully saturated rings. The van der Waals surface area contributed by atoms with E-state index in [1.54, 1.807) is 12.1 Å². The van der Waals surface area contributed by atoms with Gasteiger partial charge in [-0.25, -0.2) is 0 Å². The second-order valence-electron chi connectivity index (χ2n) is 5.41. The molecule has 2 heterocycles. The van der Waals surface area contributed by atoms with Gasteiger partial charge in [0.05, 0.1) is 23.4 Å². The summed E-state index contributed by atoms with van der Waals surface area (Å²) < 4.78 is 5.33. The molecule has 3 aromatic rings. The van der Waals surface area contributed by atoms with Gasteiger partial charge < -0.3 is 15.6 Å². The maximum atomic E-state index is 11.9. The second-order valence-corrected chi connectivity index (χ2v) is 5.41. The minimum Gasteiger partial charge on any atom is -0.368 e. The number of hydrogen-bond acceptors (Lipinski definition) is 5. The number of hydrogen-bond donors (Lipinski definition) is 2. The molecule has 0 bridgehead atoms. The number of pyridine rings is 1. The Bertz CT molecular complexity index is 908. The molecule has 0 atom stereocenters. The van der Waals surface area contributed by atoms with Crippen LogP contribution in [0.3, 0.4) is 0 Å². The van der Waals surface area contributed by atoms with Gasteiger partial charge in [-0.1, -0.05) is 35.5 Å². The first kappa shape index (κ1) is 19.1. The number of nitrogens with zero attached hydrogens (tertiary/aromatic N) is 2. The summed E-state index contributed by atoms with van der Waals surface area (Å²) in [6.07, 6.45) is 1.44. The van der Waals surface area contributed by atoms with Gasteiger partial charge >= 0.3 is 0 Å². The Morgan fingerprint density at radius 1 is 1.15 bits per heavy atom. The highest BCUT2D eigenvalue weighted by Crippen LogP contribution is 2.32. The summed E-state index contributed by atoms with van der Waals surface area (Å²) in [4.78, 5) is 27.0. The first-order chi connectivity index (χ1) is 12.1. The molecule has 8 heteroatoms. The number of benzene rings is 1. The van der Waals surface area contributed by atoms with Crippen LogP contribution in [0, 0.1) is 6.92 Å². The molecule has 0 saturated heterocycles. The summed E-state index contributed by atoms with van der Waals surface area (Å²) in [5.41, 5.74) is 8.37. The number of rotatable bonds is 5. The van der Waals surface area contributed by atoms with Gasteiger partial charge in [-0.05, 0) is 19.1 Å². The minimum absolute atomic E-state index is 0. The molecule has 134 valence electrons. The van der Waals surface area contributed by atoms with Gasteiger partial charge in [0.15, 0.2) is 0 Å². The van der Waals surface area contributed by atoms with Gasteiger partial charge in [-0.15, -0.1) is 12.4 Å². The lowest BCUT2D eigenvalue weighted by Gasteiger charge is -2.05.